The van der Waals surface area contributed by atoms with E-state index in [9.17, 15) is 0 Å². The summed E-state index contributed by atoms with van der Waals surface area (Å²) in [5.41, 5.74) is 2.87. The van der Waals surface area contributed by atoms with Crippen molar-refractivity contribution < 1.29 is 5.21 Å². The molecule has 0 radical (unpaired) electrons. The van der Waals surface area contributed by atoms with Gasteiger partial charge >= 0.3 is 0 Å². The molecule has 0 aliphatic heterocycles. The minimum absolute atomic E-state index is 0.0973. The number of aromatic amines is 1. The van der Waals surface area contributed by atoms with Gasteiger partial charge in [-0.15, -0.1) is 0 Å². The smallest absolute Gasteiger partial charge is 0.177 e. The van der Waals surface area contributed by atoms with Crippen molar-refractivity contribution in [1.82, 2.24) is 4.98 Å². The third kappa shape index (κ3) is 1.36. The average Bonchev–Trinajstić information content (AvgIpc) is 2.59. The first-order valence-corrected chi connectivity index (χ1v) is 4.56. The Bertz CT molecular complexity index is 502. The zero-order valence-electron chi connectivity index (χ0n) is 7.58. The van der Waals surface area contributed by atoms with Gasteiger partial charge in [0.2, 0.25) is 0 Å². The van der Waals surface area contributed by atoms with Crippen LogP contribution in [0.1, 0.15) is 11.1 Å². The van der Waals surface area contributed by atoms with Crippen molar-refractivity contribution in [3.8, 4) is 0 Å². The van der Waals surface area contributed by atoms with Crippen molar-refractivity contribution in [2.75, 3.05) is 0 Å². The van der Waals surface area contributed by atoms with Crippen LogP contribution >= 0.6 is 11.6 Å². The van der Waals surface area contributed by atoms with Crippen molar-refractivity contribution in [2.24, 2.45) is 5.16 Å². The number of aryl methyl sites for hydroxylation is 1. The first-order chi connectivity index (χ1) is 6.72. The summed E-state index contributed by atoms with van der Waals surface area (Å²) < 4.78 is 0. The number of H-pyrrole nitrogens is 1. The number of rotatable bonds is 1. The average molecular weight is 209 g/mol. The fraction of sp³-hybridized carbons (Fsp3) is 0.100. The molecule has 1 aromatic heterocycles. The van der Waals surface area contributed by atoms with E-state index in [2.05, 4.69) is 10.1 Å². The molecule has 0 aliphatic rings. The minimum Gasteiger partial charge on any atom is -0.410 e. The van der Waals surface area contributed by atoms with E-state index in [1.807, 2.05) is 25.1 Å². The molecule has 2 rings (SSSR count). The van der Waals surface area contributed by atoms with E-state index in [1.165, 1.54) is 5.56 Å². The van der Waals surface area contributed by atoms with Crippen molar-refractivity contribution in [3.05, 3.63) is 35.5 Å². The number of aromatic nitrogens is 1. The summed E-state index contributed by atoms with van der Waals surface area (Å²) in [6.45, 7) is 2.02. The van der Waals surface area contributed by atoms with E-state index >= 15 is 0 Å². The molecule has 2 aromatic rings. The molecule has 1 heterocycles. The van der Waals surface area contributed by atoms with Gasteiger partial charge in [-0.3, -0.25) is 0 Å². The summed E-state index contributed by atoms with van der Waals surface area (Å²) in [5.74, 6) is 0. The first kappa shape index (κ1) is 9.09. The van der Waals surface area contributed by atoms with Crippen molar-refractivity contribution in [2.45, 2.75) is 6.92 Å². The zero-order chi connectivity index (χ0) is 10.1. The SMILES string of the molecule is Cc1ccc2c(C(Cl)=NO)c[nH]c2c1. The largest absolute Gasteiger partial charge is 0.410 e. The van der Waals surface area contributed by atoms with Crippen LogP contribution in [0.2, 0.25) is 0 Å². The maximum atomic E-state index is 8.56. The van der Waals surface area contributed by atoms with Crippen LogP contribution in [0, 0.1) is 6.92 Å². The number of hydrogen-bond acceptors (Lipinski definition) is 2. The van der Waals surface area contributed by atoms with E-state index in [0.717, 1.165) is 10.9 Å². The molecule has 0 spiro atoms. The highest BCUT2D eigenvalue weighted by atomic mass is 35.5. The molecule has 0 saturated carbocycles. The van der Waals surface area contributed by atoms with Crippen LogP contribution in [-0.2, 0) is 0 Å². The second-order valence-electron chi connectivity index (χ2n) is 3.14. The van der Waals surface area contributed by atoms with Gasteiger partial charge in [0.05, 0.1) is 0 Å². The number of fused-ring (bicyclic) bond motifs is 1. The highest BCUT2D eigenvalue weighted by Gasteiger charge is 2.07. The first-order valence-electron chi connectivity index (χ1n) is 4.18. The Labute approximate surface area is 86.0 Å². The summed E-state index contributed by atoms with van der Waals surface area (Å²) in [6, 6.07) is 5.95. The summed E-state index contributed by atoms with van der Waals surface area (Å²) in [4.78, 5) is 3.07. The molecular formula is C10H9ClN2O. The van der Waals surface area contributed by atoms with Gasteiger partial charge < -0.3 is 10.2 Å². The standard InChI is InChI=1S/C10H9ClN2O/c1-6-2-3-7-8(10(11)13-14)5-12-9(7)4-6/h2-5,12,14H,1H3. The van der Waals surface area contributed by atoms with Crippen LogP contribution in [-0.4, -0.2) is 15.4 Å². The van der Waals surface area contributed by atoms with Gasteiger partial charge in [-0.1, -0.05) is 28.9 Å². The van der Waals surface area contributed by atoms with Crippen molar-refractivity contribution >= 4 is 27.7 Å². The summed E-state index contributed by atoms with van der Waals surface area (Å²) >= 11 is 5.73. The molecule has 0 unspecified atom stereocenters. The van der Waals surface area contributed by atoms with Crippen LogP contribution in [0.5, 0.6) is 0 Å². The molecule has 0 atom stereocenters. The number of nitrogens with one attached hydrogen (secondary N) is 1. The van der Waals surface area contributed by atoms with E-state index < -0.39 is 0 Å². The highest BCUT2D eigenvalue weighted by molar-refractivity contribution is 6.70. The third-order valence-electron chi connectivity index (χ3n) is 2.15. The zero-order valence-corrected chi connectivity index (χ0v) is 8.34. The molecule has 2 N–H and O–H groups in total. The number of hydrogen-bond donors (Lipinski definition) is 2. The Kier molecular flexibility index (Phi) is 2.17. The lowest BCUT2D eigenvalue weighted by Crippen LogP contribution is -1.88. The van der Waals surface area contributed by atoms with Crippen LogP contribution in [0.15, 0.2) is 29.6 Å². The highest BCUT2D eigenvalue weighted by Crippen LogP contribution is 2.21. The Morgan fingerprint density at radius 2 is 2.29 bits per heavy atom. The summed E-state index contributed by atoms with van der Waals surface area (Å²) in [6.07, 6.45) is 1.73. The van der Waals surface area contributed by atoms with Gasteiger partial charge in [-0.05, 0) is 18.6 Å². The lowest BCUT2D eigenvalue weighted by atomic mass is 10.1. The number of halogens is 1. The number of benzene rings is 1. The molecule has 14 heavy (non-hydrogen) atoms. The lowest BCUT2D eigenvalue weighted by Gasteiger charge is -1.95. The van der Waals surface area contributed by atoms with Gasteiger partial charge in [0.1, 0.15) is 0 Å². The monoisotopic (exact) mass is 208 g/mol. The molecule has 3 nitrogen and oxygen atoms in total. The molecule has 1 aromatic carbocycles. The summed E-state index contributed by atoms with van der Waals surface area (Å²) in [7, 11) is 0. The Morgan fingerprint density at radius 1 is 1.50 bits per heavy atom. The molecular weight excluding hydrogens is 200 g/mol. The summed E-state index contributed by atoms with van der Waals surface area (Å²) in [5, 5.41) is 12.6. The molecule has 4 heteroatoms. The fourth-order valence-electron chi connectivity index (χ4n) is 1.46. The minimum atomic E-state index is 0.0973. The Balaban J connectivity index is 2.70. The van der Waals surface area contributed by atoms with Gasteiger partial charge in [0.25, 0.3) is 0 Å². The number of nitrogens with zero attached hydrogens (tertiary/aromatic N) is 1. The third-order valence-corrected chi connectivity index (χ3v) is 2.43. The van der Waals surface area contributed by atoms with E-state index in [0.29, 0.717) is 5.56 Å². The second kappa shape index (κ2) is 3.35. The topological polar surface area (TPSA) is 48.4 Å². The van der Waals surface area contributed by atoms with Crippen LogP contribution in [0.4, 0.5) is 0 Å². The molecule has 72 valence electrons. The van der Waals surface area contributed by atoms with E-state index in [-0.39, 0.29) is 5.17 Å². The lowest BCUT2D eigenvalue weighted by molar-refractivity contribution is 0.321. The van der Waals surface area contributed by atoms with Gasteiger partial charge in [-0.2, -0.15) is 0 Å². The predicted octanol–water partition coefficient (Wildman–Crippen LogP) is 2.85. The normalized spacial score (nSPS) is 12.3. The Morgan fingerprint density at radius 3 is 3.00 bits per heavy atom. The van der Waals surface area contributed by atoms with Gasteiger partial charge in [0.15, 0.2) is 5.17 Å². The fourth-order valence-corrected chi connectivity index (χ4v) is 1.62. The van der Waals surface area contributed by atoms with Crippen LogP contribution < -0.4 is 0 Å². The molecule has 0 fully saturated rings. The van der Waals surface area contributed by atoms with Crippen LogP contribution in [0.3, 0.4) is 0 Å². The second-order valence-corrected chi connectivity index (χ2v) is 3.50. The van der Waals surface area contributed by atoms with E-state index in [4.69, 9.17) is 16.8 Å². The molecule has 0 bridgehead atoms. The van der Waals surface area contributed by atoms with Crippen molar-refractivity contribution in [3.63, 3.8) is 0 Å². The van der Waals surface area contributed by atoms with E-state index in [1.54, 1.807) is 6.20 Å². The number of oxime groups is 1. The van der Waals surface area contributed by atoms with Gasteiger partial charge in [0, 0.05) is 22.7 Å². The molecule has 0 amide bonds. The maximum absolute atomic E-state index is 8.56. The van der Waals surface area contributed by atoms with Crippen LogP contribution in [0.25, 0.3) is 10.9 Å². The molecule has 0 aliphatic carbocycles. The molecule has 0 saturated heterocycles. The Hall–Kier alpha value is -1.48. The quantitative estimate of drug-likeness (QED) is 0.423. The van der Waals surface area contributed by atoms with Crippen molar-refractivity contribution in [1.29, 1.82) is 0 Å². The predicted molar refractivity (Wildman–Crippen MR) is 57.2 cm³/mol. The van der Waals surface area contributed by atoms with Gasteiger partial charge in [-0.25, -0.2) is 0 Å². The maximum Gasteiger partial charge on any atom is 0.177 e.